The smallest absolute Gasteiger partial charge is 0.189 e. The molecule has 0 spiro atoms. The molecule has 0 aliphatic rings. The van der Waals surface area contributed by atoms with Crippen molar-refractivity contribution >= 4 is 60.7 Å². The monoisotopic (exact) mass is 1220 g/mol. The van der Waals surface area contributed by atoms with Crippen LogP contribution in [0.15, 0.2) is 243 Å². The second-order valence-corrected chi connectivity index (χ2v) is 22.8. The van der Waals surface area contributed by atoms with E-state index in [9.17, 15) is 26.3 Å². The van der Waals surface area contributed by atoms with Gasteiger partial charge in [0.2, 0.25) is 0 Å². The van der Waals surface area contributed by atoms with Crippen molar-refractivity contribution in [3.8, 4) is 132 Å². The fraction of sp³-hybridized carbons (Fsp3) is 0. The highest BCUT2D eigenvalue weighted by atomic mass is 15.0. The average molecular weight is 1220 g/mol. The molecule has 0 atom stereocenters. The topological polar surface area (TPSA) is 193 Å². The van der Waals surface area contributed by atoms with Crippen molar-refractivity contribution in [2.75, 3.05) is 0 Å². The van der Waals surface area contributed by atoms with E-state index in [1.165, 1.54) is 0 Å². The lowest BCUT2D eigenvalue weighted by molar-refractivity contribution is 1.07. The van der Waals surface area contributed by atoms with Crippen molar-refractivity contribution < 1.29 is 0 Å². The van der Waals surface area contributed by atoms with E-state index in [4.69, 9.17) is 39.7 Å². The molecule has 14 heteroatoms. The second kappa shape index (κ2) is 23.8. The van der Waals surface area contributed by atoms with E-state index in [2.05, 4.69) is 84.3 Å². The van der Waals surface area contributed by atoms with Gasteiger partial charge >= 0.3 is 0 Å². The Hall–Kier alpha value is -14.9. The molecule has 0 fully saturated rings. The summed E-state index contributed by atoms with van der Waals surface area (Å²) in [5, 5.41) is 53.8. The highest BCUT2D eigenvalue weighted by molar-refractivity contribution is 6.14. The molecule has 96 heavy (non-hydrogen) atoms. The van der Waals surface area contributed by atoms with Crippen LogP contribution in [0.3, 0.4) is 0 Å². The van der Waals surface area contributed by atoms with Gasteiger partial charge < -0.3 is 9.13 Å². The predicted octanol–water partition coefficient (Wildman–Crippen LogP) is 19.8. The molecule has 4 aromatic heterocycles. The molecule has 0 N–H and O–H groups in total. The molecule has 0 saturated carbocycles. The van der Waals surface area contributed by atoms with Gasteiger partial charge in [0.1, 0.15) is 0 Å². The van der Waals surface area contributed by atoms with Gasteiger partial charge in [0.05, 0.1) is 88.9 Å². The third-order valence-electron chi connectivity index (χ3n) is 17.1. The maximum Gasteiger partial charge on any atom is 0.189 e. The highest BCUT2D eigenvalue weighted by Crippen LogP contribution is 2.45. The second-order valence-electron chi connectivity index (χ2n) is 22.8. The molecule has 15 rings (SSSR count). The number of fused-ring (bicyclic) bond motifs is 6. The van der Waals surface area contributed by atoms with Crippen LogP contribution < -0.4 is 0 Å². The van der Waals surface area contributed by atoms with E-state index < -0.39 is 0 Å². The highest BCUT2D eigenvalue weighted by Gasteiger charge is 2.25. The van der Waals surface area contributed by atoms with Crippen LogP contribution in [-0.2, 0) is 0 Å². The van der Waals surface area contributed by atoms with Gasteiger partial charge in [0.15, 0.2) is 34.5 Å². The Labute approximate surface area is 549 Å². The van der Waals surface area contributed by atoms with Crippen molar-refractivity contribution in [2.24, 2.45) is 0 Å². The lowest BCUT2D eigenvalue weighted by atomic mass is 9.97. The Bertz CT molecular complexity index is 5750. The summed E-state index contributed by atoms with van der Waals surface area (Å²) in [5.74, 6) is 1.31. The van der Waals surface area contributed by atoms with Gasteiger partial charge in [-0.1, -0.05) is 84.9 Å². The maximum absolute atomic E-state index is 10.1. The first kappa shape index (κ1) is 57.5. The number of nitrogens with zero attached hydrogens (tertiary/aromatic N) is 14. The lowest BCUT2D eigenvalue weighted by Gasteiger charge is -2.19. The predicted molar refractivity (Wildman–Crippen MR) is 372 cm³/mol. The molecule has 0 radical (unpaired) electrons. The Balaban J connectivity index is 1.02. The molecule has 0 aliphatic heterocycles. The van der Waals surface area contributed by atoms with Crippen LogP contribution in [-0.4, -0.2) is 29.1 Å². The Morgan fingerprint density at radius 2 is 0.677 bits per heavy atom. The third kappa shape index (κ3) is 10.2. The van der Waals surface area contributed by atoms with Gasteiger partial charge in [0, 0.05) is 78.6 Å². The zero-order valence-electron chi connectivity index (χ0n) is 50.4. The SMILES string of the molecule is [C-]#[N+]c1cc(C#N)cc(-c2ccc3c(c2)c2cc(-c4cc(C#N)cc(C#N)c4)ccc2n3-c2ccc(-c3nc(-c4ccccc4)nc(-c4ccccc4)n3)c(-c3cnccc3-n3c4ccc(-c5cc(C#N)cc([N+]#[C-])c5)cc4c4cc(-c5cc(C#N)cc([N+]#[C-])c5)ccc43)c2)c1. The first-order valence-electron chi connectivity index (χ1n) is 30.0. The molecule has 15 aromatic rings. The molecule has 14 nitrogen and oxygen atoms in total. The zero-order chi connectivity index (χ0) is 65.6. The van der Waals surface area contributed by atoms with Crippen molar-refractivity contribution in [1.82, 2.24) is 29.1 Å². The lowest BCUT2D eigenvalue weighted by Crippen LogP contribution is -2.04. The van der Waals surface area contributed by atoms with Gasteiger partial charge in [-0.15, -0.1) is 0 Å². The van der Waals surface area contributed by atoms with E-state index in [-0.39, 0.29) is 0 Å². The van der Waals surface area contributed by atoms with E-state index in [1.807, 2.05) is 134 Å². The molecular weight excluding hydrogens is 1180 g/mol. The number of rotatable bonds is 10. The number of nitriles is 5. The molecule has 0 amide bonds. The minimum absolute atomic E-state index is 0.331. The number of hydrogen-bond donors (Lipinski definition) is 0. The summed E-state index contributed by atoms with van der Waals surface area (Å²) in [6.07, 6.45) is 3.60. The Morgan fingerprint density at radius 3 is 1.07 bits per heavy atom. The van der Waals surface area contributed by atoms with E-state index >= 15 is 0 Å². The van der Waals surface area contributed by atoms with Crippen molar-refractivity contribution in [3.63, 3.8) is 0 Å². The summed E-state index contributed by atoms with van der Waals surface area (Å²) in [6, 6.07) is 83.7. The standard InChI is InChI=1S/C82H40N14/c1-88-64-32-51(45-85)29-61(35-64)57-15-21-76-71(39-57)70-38-56(60-27-49(43-83)26-50(28-60)44-84)14-20-75(70)95(76)67-18-19-68(82-93-80(54-10-6-4-7-11-54)92-81(94-82)55-12-8-5-9-13-55)69(42-67)74-48-91-25-24-79(74)96-77-22-16-58(62-30-52(46-86)33-65(36-62)89-2)40-72(77)73-41-59(17-23-78(73)96)63-31-53(47-87)34-66(37-63)90-3/h4-42,48H. The molecule has 4 heterocycles. The van der Waals surface area contributed by atoms with Crippen LogP contribution >= 0.6 is 0 Å². The Kier molecular flexibility index (Phi) is 14.3. The van der Waals surface area contributed by atoms with Gasteiger partial charge in [-0.25, -0.2) is 29.5 Å². The van der Waals surface area contributed by atoms with Crippen LogP contribution in [0.25, 0.3) is 159 Å². The molecule has 438 valence electrons. The van der Waals surface area contributed by atoms with Crippen molar-refractivity contribution in [3.05, 3.63) is 305 Å². The van der Waals surface area contributed by atoms with E-state index in [0.717, 1.165) is 88.4 Å². The Morgan fingerprint density at radius 1 is 0.302 bits per heavy atom. The fourth-order valence-corrected chi connectivity index (χ4v) is 12.8. The summed E-state index contributed by atoms with van der Waals surface area (Å²) in [7, 11) is 0. The first-order chi connectivity index (χ1) is 47.1. The van der Waals surface area contributed by atoms with Crippen LogP contribution in [0.1, 0.15) is 27.8 Å². The molecular formula is C82H40N14. The summed E-state index contributed by atoms with van der Waals surface area (Å²) < 4.78 is 4.38. The summed E-state index contributed by atoms with van der Waals surface area (Å²) in [4.78, 5) is 31.7. The number of benzene rings is 11. The van der Waals surface area contributed by atoms with E-state index in [1.54, 1.807) is 79.0 Å². The normalized spacial score (nSPS) is 10.8. The van der Waals surface area contributed by atoms with Crippen LogP contribution in [0.2, 0.25) is 0 Å². The number of hydrogen-bond acceptors (Lipinski definition) is 9. The third-order valence-corrected chi connectivity index (χ3v) is 17.1. The van der Waals surface area contributed by atoms with Crippen LogP contribution in [0, 0.1) is 76.4 Å². The average Bonchev–Trinajstić information content (AvgIpc) is 1.56. The summed E-state index contributed by atoms with van der Waals surface area (Å²) in [5.41, 5.74) is 17.0. The maximum atomic E-state index is 10.1. The van der Waals surface area contributed by atoms with Gasteiger partial charge in [0.25, 0.3) is 0 Å². The quantitative estimate of drug-likeness (QED) is 0.120. The molecule has 0 bridgehead atoms. The number of aromatic nitrogens is 6. The zero-order valence-corrected chi connectivity index (χ0v) is 50.4. The van der Waals surface area contributed by atoms with Crippen molar-refractivity contribution in [2.45, 2.75) is 0 Å². The van der Waals surface area contributed by atoms with Gasteiger partial charge in [-0.05, 0) is 196 Å². The largest absolute Gasteiger partial charge is 0.309 e. The minimum atomic E-state index is 0.331. The molecule has 0 unspecified atom stereocenters. The molecule has 0 aliphatic carbocycles. The van der Waals surface area contributed by atoms with Gasteiger partial charge in [-0.3, -0.25) is 4.98 Å². The summed E-state index contributed by atoms with van der Waals surface area (Å²) >= 11 is 0. The minimum Gasteiger partial charge on any atom is -0.309 e. The van der Waals surface area contributed by atoms with E-state index in [0.29, 0.717) is 101 Å². The summed E-state index contributed by atoms with van der Waals surface area (Å²) in [6.45, 7) is 23.7. The van der Waals surface area contributed by atoms with Crippen LogP contribution in [0.5, 0.6) is 0 Å². The van der Waals surface area contributed by atoms with Crippen molar-refractivity contribution in [1.29, 1.82) is 26.3 Å². The molecule has 11 aromatic carbocycles. The first-order valence-corrected chi connectivity index (χ1v) is 30.0. The van der Waals surface area contributed by atoms with Gasteiger partial charge in [-0.2, -0.15) is 26.3 Å². The fourth-order valence-electron chi connectivity index (χ4n) is 12.8. The number of pyridine rings is 1. The van der Waals surface area contributed by atoms with Crippen LogP contribution in [0.4, 0.5) is 17.1 Å². The molecule has 0 saturated heterocycles.